The highest BCUT2D eigenvalue weighted by Crippen LogP contribution is 2.70. The molecule has 4 aliphatic rings. The van der Waals surface area contributed by atoms with Crippen LogP contribution in [0.3, 0.4) is 0 Å². The first-order chi connectivity index (χ1) is 14.4. The highest BCUT2D eigenvalue weighted by molar-refractivity contribution is 5.78. The van der Waals surface area contributed by atoms with Gasteiger partial charge in [-0.15, -0.1) is 0 Å². The number of carbonyl (C=O) groups is 1. The summed E-state index contributed by atoms with van der Waals surface area (Å²) >= 11 is 0. The summed E-state index contributed by atoms with van der Waals surface area (Å²) in [5, 5.41) is 3.27. The number of hydrogen-bond donors (Lipinski definition) is 1. The molecule has 3 nitrogen and oxygen atoms in total. The first kappa shape index (κ1) is 20.1. The smallest absolute Gasteiger partial charge is 0.339 e. The number of amides is 1. The van der Waals surface area contributed by atoms with E-state index in [-0.39, 0.29) is 11.9 Å². The fourth-order valence-corrected chi connectivity index (χ4v) is 6.29. The average Bonchev–Trinajstić information content (AvgIpc) is 3.26. The Bertz CT molecular complexity index is 845. The normalized spacial score (nSPS) is 31.3. The zero-order chi connectivity index (χ0) is 20.9. The molecule has 30 heavy (non-hydrogen) atoms. The first-order valence-electron chi connectivity index (χ1n) is 11.2. The van der Waals surface area contributed by atoms with Crippen LogP contribution in [0.15, 0.2) is 36.4 Å². The molecule has 1 aliphatic heterocycles. The lowest BCUT2D eigenvalue weighted by atomic mass is 9.88. The minimum Gasteiger partial charge on any atom is -0.339 e. The molecule has 6 heteroatoms. The van der Waals surface area contributed by atoms with Crippen molar-refractivity contribution in [2.75, 3.05) is 13.1 Å². The lowest BCUT2D eigenvalue weighted by Crippen LogP contribution is -2.39. The van der Waals surface area contributed by atoms with Crippen LogP contribution in [0.2, 0.25) is 0 Å². The van der Waals surface area contributed by atoms with Crippen molar-refractivity contribution in [3.63, 3.8) is 0 Å². The van der Waals surface area contributed by atoms with Gasteiger partial charge in [0, 0.05) is 25.6 Å². The van der Waals surface area contributed by atoms with Gasteiger partial charge < -0.3 is 10.2 Å². The number of rotatable bonds is 7. The largest absolute Gasteiger partial charge is 0.416 e. The van der Waals surface area contributed by atoms with Crippen LogP contribution >= 0.6 is 0 Å². The van der Waals surface area contributed by atoms with Crippen molar-refractivity contribution < 1.29 is 18.0 Å². The van der Waals surface area contributed by atoms with E-state index in [0.717, 1.165) is 31.4 Å². The van der Waals surface area contributed by atoms with Crippen molar-refractivity contribution in [3.05, 3.63) is 47.5 Å². The molecule has 1 heterocycles. The molecule has 1 spiro atoms. The third kappa shape index (κ3) is 3.57. The second-order valence-corrected chi connectivity index (χ2v) is 9.65. The number of halogens is 3. The predicted molar refractivity (Wildman–Crippen MR) is 108 cm³/mol. The number of hydrogen-bond acceptors (Lipinski definition) is 2. The highest BCUT2D eigenvalue weighted by atomic mass is 19.4. The van der Waals surface area contributed by atoms with Crippen LogP contribution in [0, 0.1) is 23.2 Å². The number of benzene rings is 1. The van der Waals surface area contributed by atoms with E-state index in [9.17, 15) is 18.0 Å². The fourth-order valence-electron chi connectivity index (χ4n) is 6.29. The lowest BCUT2D eigenvalue weighted by molar-refractivity contribution is -0.137. The van der Waals surface area contributed by atoms with E-state index < -0.39 is 11.7 Å². The monoisotopic (exact) mass is 418 g/mol. The molecule has 4 atom stereocenters. The summed E-state index contributed by atoms with van der Waals surface area (Å²) in [5.41, 5.74) is 0.575. The molecule has 3 aliphatic carbocycles. The van der Waals surface area contributed by atoms with Crippen LogP contribution in [0.25, 0.3) is 0 Å². The SMILES string of the molecule is O=C1CC[C@H](CCNCc2cccc(C(F)(F)F)c2)N1C[C@@H]1C[C@H]2C=C[C@H]1C21CC1. The van der Waals surface area contributed by atoms with Gasteiger partial charge in [-0.3, -0.25) is 4.79 Å². The van der Waals surface area contributed by atoms with Crippen molar-refractivity contribution in [2.45, 2.75) is 57.3 Å². The third-order valence-corrected chi connectivity index (χ3v) is 7.97. The first-order valence-corrected chi connectivity index (χ1v) is 11.2. The quantitative estimate of drug-likeness (QED) is 0.511. The van der Waals surface area contributed by atoms with E-state index >= 15 is 0 Å². The standard InChI is InChI=1S/C24H29F3N2O/c25-24(26,27)19-3-1-2-16(12-19)14-28-11-8-20-5-7-22(30)29(20)15-17-13-18-4-6-21(17)23(18)9-10-23/h1-4,6,12,17-18,20-21,28H,5,7-11,13-15H2/t17-,18+,20+,21+/m0/s1. The van der Waals surface area contributed by atoms with E-state index in [2.05, 4.69) is 22.4 Å². The summed E-state index contributed by atoms with van der Waals surface area (Å²) in [6, 6.07) is 5.72. The maximum atomic E-state index is 12.9. The van der Waals surface area contributed by atoms with Gasteiger partial charge in [0.05, 0.1) is 5.56 Å². The molecule has 1 N–H and O–H groups in total. The van der Waals surface area contributed by atoms with Crippen molar-refractivity contribution in [2.24, 2.45) is 23.2 Å². The average molecular weight is 419 g/mol. The molecule has 2 saturated carbocycles. The molecule has 0 unspecified atom stereocenters. The van der Waals surface area contributed by atoms with E-state index in [1.165, 1.54) is 31.4 Å². The Morgan fingerprint density at radius 1 is 1.20 bits per heavy atom. The van der Waals surface area contributed by atoms with Gasteiger partial charge in [-0.2, -0.15) is 13.2 Å². The minimum absolute atomic E-state index is 0.254. The second kappa shape index (κ2) is 7.40. The molecule has 1 aromatic rings. The van der Waals surface area contributed by atoms with E-state index in [4.69, 9.17) is 0 Å². The molecular weight excluding hydrogens is 389 g/mol. The minimum atomic E-state index is -4.31. The van der Waals surface area contributed by atoms with Gasteiger partial charge in [-0.05, 0) is 73.4 Å². The molecule has 5 rings (SSSR count). The molecule has 0 aromatic heterocycles. The van der Waals surface area contributed by atoms with Gasteiger partial charge in [-0.1, -0.05) is 30.4 Å². The molecule has 1 amide bonds. The van der Waals surface area contributed by atoms with Crippen LogP contribution < -0.4 is 5.32 Å². The van der Waals surface area contributed by atoms with Gasteiger partial charge in [0.15, 0.2) is 0 Å². The van der Waals surface area contributed by atoms with Gasteiger partial charge in [-0.25, -0.2) is 0 Å². The summed E-state index contributed by atoms with van der Waals surface area (Å²) in [4.78, 5) is 14.6. The Labute approximate surface area is 175 Å². The van der Waals surface area contributed by atoms with Gasteiger partial charge in [0.1, 0.15) is 0 Å². The Morgan fingerprint density at radius 3 is 2.77 bits per heavy atom. The molecule has 2 bridgehead atoms. The van der Waals surface area contributed by atoms with Crippen LogP contribution in [-0.4, -0.2) is 29.9 Å². The van der Waals surface area contributed by atoms with Crippen molar-refractivity contribution >= 4 is 5.91 Å². The molecular formula is C24H29F3N2O. The summed E-state index contributed by atoms with van der Waals surface area (Å²) < 4.78 is 38.6. The molecule has 3 fully saturated rings. The predicted octanol–water partition coefficient (Wildman–Crippen LogP) is 4.78. The molecule has 1 aromatic carbocycles. The summed E-state index contributed by atoms with van der Waals surface area (Å²) in [6.45, 7) is 1.99. The topological polar surface area (TPSA) is 32.3 Å². The van der Waals surface area contributed by atoms with Crippen LogP contribution in [0.5, 0.6) is 0 Å². The van der Waals surface area contributed by atoms with E-state index in [0.29, 0.717) is 42.3 Å². The Morgan fingerprint density at radius 2 is 2.03 bits per heavy atom. The molecule has 0 radical (unpaired) electrons. The molecule has 1 saturated heterocycles. The number of nitrogens with one attached hydrogen (secondary N) is 1. The maximum Gasteiger partial charge on any atom is 0.416 e. The van der Waals surface area contributed by atoms with Gasteiger partial charge in [0.2, 0.25) is 5.91 Å². The maximum absolute atomic E-state index is 12.9. The summed E-state index contributed by atoms with van der Waals surface area (Å²) in [6.07, 6.45) is 6.82. The number of allylic oxidation sites excluding steroid dienone is 2. The number of likely N-dealkylation sites (tertiary alicyclic amines) is 1. The summed E-state index contributed by atoms with van der Waals surface area (Å²) in [5.74, 6) is 2.27. The number of nitrogens with zero attached hydrogens (tertiary/aromatic N) is 1. The Hall–Kier alpha value is -1.82. The molecule has 162 valence electrons. The fraction of sp³-hybridized carbons (Fsp3) is 0.625. The Kier molecular flexibility index (Phi) is 4.96. The van der Waals surface area contributed by atoms with Crippen molar-refractivity contribution in [1.82, 2.24) is 10.2 Å². The van der Waals surface area contributed by atoms with Gasteiger partial charge in [0.25, 0.3) is 0 Å². The number of alkyl halides is 3. The highest BCUT2D eigenvalue weighted by Gasteiger charge is 2.62. The zero-order valence-corrected chi connectivity index (χ0v) is 17.1. The van der Waals surface area contributed by atoms with Crippen LogP contribution in [0.4, 0.5) is 13.2 Å². The van der Waals surface area contributed by atoms with Gasteiger partial charge >= 0.3 is 6.18 Å². The van der Waals surface area contributed by atoms with E-state index in [1.54, 1.807) is 6.07 Å². The zero-order valence-electron chi connectivity index (χ0n) is 17.1. The van der Waals surface area contributed by atoms with Crippen LogP contribution in [-0.2, 0) is 17.5 Å². The van der Waals surface area contributed by atoms with Crippen molar-refractivity contribution in [1.29, 1.82) is 0 Å². The third-order valence-electron chi connectivity index (χ3n) is 7.97. The summed E-state index contributed by atoms with van der Waals surface area (Å²) in [7, 11) is 0. The number of carbonyl (C=O) groups excluding carboxylic acids is 1. The van der Waals surface area contributed by atoms with E-state index in [1.807, 2.05) is 0 Å². The van der Waals surface area contributed by atoms with Crippen molar-refractivity contribution in [3.8, 4) is 0 Å². The lowest BCUT2D eigenvalue weighted by Gasteiger charge is -2.30. The second-order valence-electron chi connectivity index (χ2n) is 9.65. The Balaban J connectivity index is 1.12. The van der Waals surface area contributed by atoms with Crippen LogP contribution in [0.1, 0.15) is 49.7 Å².